The van der Waals surface area contributed by atoms with Crippen LogP contribution in [0.15, 0.2) is 54.7 Å². The Kier molecular flexibility index (Phi) is 8.18. The number of para-hydroxylation sites is 1. The van der Waals surface area contributed by atoms with E-state index in [-0.39, 0.29) is 29.9 Å². The van der Waals surface area contributed by atoms with Crippen LogP contribution < -0.4 is 10.6 Å². The van der Waals surface area contributed by atoms with Crippen LogP contribution in [0.2, 0.25) is 0 Å². The van der Waals surface area contributed by atoms with Crippen LogP contribution in [0, 0.1) is 0 Å². The Morgan fingerprint density at radius 1 is 0.907 bits per heavy atom. The molecule has 3 aliphatic rings. The molecule has 1 unspecified atom stereocenters. The standard InChI is InChI=1S/C33H35N5O5/c39-29-12-11-28(31(41)36-29)38-32(42)25-10-9-24(19-26(25)33(38)43)34-15-5-1-2-8-30(40)37-16-13-21(14-17-37)23-18-22-6-3-4-7-27(22)35-20-23/h3-4,6-7,9-10,18-21,28,34H,1-2,5,8,11-17H2,(H,36,39,41). The maximum atomic E-state index is 13.0. The number of nitrogens with one attached hydrogen (secondary N) is 2. The predicted octanol–water partition coefficient (Wildman–Crippen LogP) is 4.01. The maximum absolute atomic E-state index is 13.0. The zero-order chi connectivity index (χ0) is 29.9. The number of nitrogens with zero attached hydrogens (tertiary/aromatic N) is 3. The number of hydrogen-bond acceptors (Lipinski definition) is 7. The molecule has 1 atom stereocenters. The predicted molar refractivity (Wildman–Crippen MR) is 160 cm³/mol. The van der Waals surface area contributed by atoms with E-state index in [0.29, 0.717) is 24.6 Å². The number of amides is 5. The molecule has 222 valence electrons. The van der Waals surface area contributed by atoms with Crippen molar-refractivity contribution in [3.63, 3.8) is 0 Å². The van der Waals surface area contributed by atoms with Gasteiger partial charge in [0.1, 0.15) is 6.04 Å². The second kappa shape index (κ2) is 12.3. The summed E-state index contributed by atoms with van der Waals surface area (Å²) in [6.07, 6.45) is 7.21. The smallest absolute Gasteiger partial charge is 0.262 e. The van der Waals surface area contributed by atoms with Gasteiger partial charge < -0.3 is 10.2 Å². The molecule has 43 heavy (non-hydrogen) atoms. The molecule has 10 nitrogen and oxygen atoms in total. The third-order valence-electron chi connectivity index (χ3n) is 8.77. The number of aromatic nitrogens is 1. The molecule has 5 amide bonds. The van der Waals surface area contributed by atoms with Crippen LogP contribution in [-0.4, -0.2) is 70.0 Å². The summed E-state index contributed by atoms with van der Waals surface area (Å²) in [6.45, 7) is 2.22. The van der Waals surface area contributed by atoms with Gasteiger partial charge in [0.15, 0.2) is 0 Å². The van der Waals surface area contributed by atoms with Crippen molar-refractivity contribution in [3.8, 4) is 0 Å². The summed E-state index contributed by atoms with van der Waals surface area (Å²) in [4.78, 5) is 69.9. The number of carbonyl (C=O) groups is 5. The van der Waals surface area contributed by atoms with Crippen LogP contribution in [0.1, 0.15) is 83.6 Å². The largest absolute Gasteiger partial charge is 0.385 e. The fraction of sp³-hybridized carbons (Fsp3) is 0.394. The fourth-order valence-electron chi connectivity index (χ4n) is 6.32. The highest BCUT2D eigenvalue weighted by Gasteiger charge is 2.44. The molecule has 4 heterocycles. The summed E-state index contributed by atoms with van der Waals surface area (Å²) in [5.74, 6) is -1.41. The monoisotopic (exact) mass is 581 g/mol. The lowest BCUT2D eigenvalue weighted by molar-refractivity contribution is -0.136. The lowest BCUT2D eigenvalue weighted by Crippen LogP contribution is -2.54. The van der Waals surface area contributed by atoms with Gasteiger partial charge >= 0.3 is 0 Å². The quantitative estimate of drug-likeness (QED) is 0.289. The third kappa shape index (κ3) is 6.00. The Balaban J connectivity index is 0.912. The zero-order valence-electron chi connectivity index (χ0n) is 24.0. The van der Waals surface area contributed by atoms with E-state index in [1.807, 2.05) is 29.3 Å². The van der Waals surface area contributed by atoms with Crippen LogP contribution in [0.3, 0.4) is 0 Å². The van der Waals surface area contributed by atoms with E-state index >= 15 is 0 Å². The number of rotatable bonds is 9. The molecule has 2 aromatic carbocycles. The highest BCUT2D eigenvalue weighted by atomic mass is 16.2. The summed E-state index contributed by atoms with van der Waals surface area (Å²) in [5, 5.41) is 6.66. The first-order chi connectivity index (χ1) is 20.9. The van der Waals surface area contributed by atoms with Crippen molar-refractivity contribution in [1.29, 1.82) is 0 Å². The Morgan fingerprint density at radius 3 is 2.51 bits per heavy atom. The highest BCUT2D eigenvalue weighted by molar-refractivity contribution is 6.23. The Labute approximate surface area is 249 Å². The molecule has 10 heteroatoms. The number of hydrogen-bond donors (Lipinski definition) is 2. The van der Waals surface area contributed by atoms with Crippen molar-refractivity contribution in [2.75, 3.05) is 25.0 Å². The van der Waals surface area contributed by atoms with Gasteiger partial charge in [0, 0.05) is 49.7 Å². The first-order valence-corrected chi connectivity index (χ1v) is 15.1. The number of pyridine rings is 1. The molecule has 6 rings (SSSR count). The summed E-state index contributed by atoms with van der Waals surface area (Å²) < 4.78 is 0. The number of carbonyl (C=O) groups excluding carboxylic acids is 5. The number of piperidine rings is 2. The normalized spacial score (nSPS) is 19.1. The number of unbranched alkanes of at least 4 members (excludes halogenated alkanes) is 2. The zero-order valence-corrected chi connectivity index (χ0v) is 24.0. The summed E-state index contributed by atoms with van der Waals surface area (Å²) in [7, 11) is 0. The van der Waals surface area contributed by atoms with E-state index in [0.717, 1.165) is 61.0 Å². The number of fused-ring (bicyclic) bond motifs is 2. The Hall–Kier alpha value is -4.60. The highest BCUT2D eigenvalue weighted by Crippen LogP contribution is 2.31. The number of likely N-dealkylation sites (tertiary alicyclic amines) is 1. The molecule has 3 aromatic rings. The van der Waals surface area contributed by atoms with Crippen LogP contribution in [0.4, 0.5) is 5.69 Å². The third-order valence-corrected chi connectivity index (χ3v) is 8.77. The van der Waals surface area contributed by atoms with Crippen LogP contribution in [0.25, 0.3) is 10.9 Å². The number of imide groups is 2. The molecule has 2 saturated heterocycles. The molecule has 2 fully saturated rings. The van der Waals surface area contributed by atoms with Gasteiger partial charge in [0.2, 0.25) is 17.7 Å². The molecular weight excluding hydrogens is 546 g/mol. The van der Waals surface area contributed by atoms with Crippen LogP contribution in [-0.2, 0) is 14.4 Å². The van der Waals surface area contributed by atoms with Gasteiger partial charge in [0.05, 0.1) is 16.6 Å². The molecule has 0 radical (unpaired) electrons. The van der Waals surface area contributed by atoms with Crippen molar-refractivity contribution >= 4 is 46.1 Å². The molecular formula is C33H35N5O5. The summed E-state index contributed by atoms with van der Waals surface area (Å²) in [6, 6.07) is 14.4. The molecule has 0 spiro atoms. The van der Waals surface area contributed by atoms with E-state index in [9.17, 15) is 24.0 Å². The summed E-state index contributed by atoms with van der Waals surface area (Å²) in [5.41, 5.74) is 3.49. The topological polar surface area (TPSA) is 129 Å². The van der Waals surface area contributed by atoms with Gasteiger partial charge in [-0.15, -0.1) is 0 Å². The SMILES string of the molecule is O=C1CCC(N2C(=O)c3ccc(NCCCCCC(=O)N4CCC(c5cnc6ccccc6c5)CC4)cc3C2=O)C(=O)N1. The summed E-state index contributed by atoms with van der Waals surface area (Å²) >= 11 is 0. The molecule has 0 bridgehead atoms. The van der Waals surface area contributed by atoms with E-state index in [4.69, 9.17) is 0 Å². The van der Waals surface area contributed by atoms with Crippen molar-refractivity contribution in [3.05, 3.63) is 71.4 Å². The minimum atomic E-state index is -0.975. The second-order valence-corrected chi connectivity index (χ2v) is 11.6. The van der Waals surface area contributed by atoms with Gasteiger partial charge in [0.25, 0.3) is 11.8 Å². The van der Waals surface area contributed by atoms with E-state index < -0.39 is 29.7 Å². The van der Waals surface area contributed by atoms with E-state index in [1.165, 1.54) is 5.56 Å². The molecule has 0 aliphatic carbocycles. The Morgan fingerprint density at radius 2 is 1.70 bits per heavy atom. The van der Waals surface area contributed by atoms with Crippen LogP contribution in [0.5, 0.6) is 0 Å². The first-order valence-electron chi connectivity index (χ1n) is 15.1. The fourth-order valence-corrected chi connectivity index (χ4v) is 6.32. The lowest BCUT2D eigenvalue weighted by atomic mass is 9.89. The van der Waals surface area contributed by atoms with Crippen molar-refractivity contribution < 1.29 is 24.0 Å². The van der Waals surface area contributed by atoms with E-state index in [2.05, 4.69) is 27.8 Å². The average Bonchev–Trinajstić information content (AvgIpc) is 3.27. The van der Waals surface area contributed by atoms with E-state index in [1.54, 1.807) is 18.2 Å². The van der Waals surface area contributed by atoms with Gasteiger partial charge in [-0.25, -0.2) is 0 Å². The molecule has 3 aliphatic heterocycles. The lowest BCUT2D eigenvalue weighted by Gasteiger charge is -2.32. The minimum absolute atomic E-state index is 0.0880. The minimum Gasteiger partial charge on any atom is -0.385 e. The molecule has 0 saturated carbocycles. The van der Waals surface area contributed by atoms with Gasteiger partial charge in [-0.3, -0.25) is 39.2 Å². The van der Waals surface area contributed by atoms with Crippen molar-refractivity contribution in [1.82, 2.24) is 20.1 Å². The number of benzene rings is 2. The second-order valence-electron chi connectivity index (χ2n) is 11.6. The van der Waals surface area contributed by atoms with Gasteiger partial charge in [-0.1, -0.05) is 24.6 Å². The molecule has 1 aromatic heterocycles. The van der Waals surface area contributed by atoms with Crippen molar-refractivity contribution in [2.24, 2.45) is 0 Å². The van der Waals surface area contributed by atoms with Crippen LogP contribution >= 0.6 is 0 Å². The maximum Gasteiger partial charge on any atom is 0.262 e. The molecule has 2 N–H and O–H groups in total. The van der Waals surface area contributed by atoms with Crippen molar-refractivity contribution in [2.45, 2.75) is 63.3 Å². The van der Waals surface area contributed by atoms with Gasteiger partial charge in [-0.05, 0) is 73.9 Å². The first kappa shape index (κ1) is 28.5. The Bertz CT molecular complexity index is 1600. The average molecular weight is 582 g/mol. The van der Waals surface area contributed by atoms with Gasteiger partial charge in [-0.2, -0.15) is 0 Å². The number of anilines is 1.